The fourth-order valence-electron chi connectivity index (χ4n) is 2.69. The second-order valence-corrected chi connectivity index (χ2v) is 6.13. The Hall–Kier alpha value is -1.88. The molecular formula is C17H18BrN3O. The molecule has 4 nitrogen and oxygen atoms in total. The van der Waals surface area contributed by atoms with Crippen molar-refractivity contribution in [2.45, 2.75) is 6.42 Å². The molecule has 1 aliphatic heterocycles. The molecule has 3 rings (SSSR count). The zero-order chi connectivity index (χ0) is 15.4. The highest BCUT2D eigenvalue weighted by atomic mass is 79.9. The zero-order valence-corrected chi connectivity index (χ0v) is 13.9. The fraction of sp³-hybridized carbons (Fsp3) is 0.294. The average Bonchev–Trinajstić information content (AvgIpc) is 2.81. The van der Waals surface area contributed by atoms with Crippen molar-refractivity contribution in [3.63, 3.8) is 0 Å². The lowest BCUT2D eigenvalue weighted by molar-refractivity contribution is 0.0767. The van der Waals surface area contributed by atoms with Gasteiger partial charge in [-0.2, -0.15) is 0 Å². The van der Waals surface area contributed by atoms with Crippen molar-refractivity contribution in [3.05, 3.63) is 58.7 Å². The minimum absolute atomic E-state index is 0.115. The highest BCUT2D eigenvalue weighted by Crippen LogP contribution is 2.17. The number of carbonyl (C=O) groups excluding carboxylic acids is 1. The predicted molar refractivity (Wildman–Crippen MR) is 91.1 cm³/mol. The van der Waals surface area contributed by atoms with E-state index in [2.05, 4.69) is 25.8 Å². The molecule has 1 amide bonds. The monoisotopic (exact) mass is 359 g/mol. The fourth-order valence-corrected chi connectivity index (χ4v) is 3.02. The second kappa shape index (κ2) is 6.92. The molecule has 114 valence electrons. The summed E-state index contributed by atoms with van der Waals surface area (Å²) in [5, 5.41) is 0. The second-order valence-electron chi connectivity index (χ2n) is 5.32. The Balaban J connectivity index is 1.69. The molecular weight excluding hydrogens is 342 g/mol. The van der Waals surface area contributed by atoms with Gasteiger partial charge in [-0.15, -0.1) is 0 Å². The van der Waals surface area contributed by atoms with Crippen molar-refractivity contribution in [2.24, 2.45) is 0 Å². The molecule has 1 aromatic heterocycles. The first-order valence-corrected chi connectivity index (χ1v) is 8.25. The van der Waals surface area contributed by atoms with Crippen LogP contribution in [0.2, 0.25) is 0 Å². The van der Waals surface area contributed by atoms with Gasteiger partial charge < -0.3 is 9.80 Å². The number of halogens is 1. The van der Waals surface area contributed by atoms with Crippen molar-refractivity contribution >= 4 is 27.7 Å². The lowest BCUT2D eigenvalue weighted by Gasteiger charge is -2.23. The number of anilines is 1. The van der Waals surface area contributed by atoms with Gasteiger partial charge in [-0.1, -0.05) is 24.3 Å². The molecule has 1 saturated heterocycles. The highest BCUT2D eigenvalue weighted by molar-refractivity contribution is 9.10. The van der Waals surface area contributed by atoms with E-state index in [0.717, 1.165) is 48.6 Å². The summed E-state index contributed by atoms with van der Waals surface area (Å²) >= 11 is 3.41. The molecule has 0 spiro atoms. The van der Waals surface area contributed by atoms with Crippen molar-refractivity contribution < 1.29 is 4.79 Å². The van der Waals surface area contributed by atoms with E-state index in [4.69, 9.17) is 0 Å². The van der Waals surface area contributed by atoms with E-state index in [1.54, 1.807) is 0 Å². The summed E-state index contributed by atoms with van der Waals surface area (Å²) in [6.45, 7) is 3.24. The van der Waals surface area contributed by atoms with E-state index in [1.165, 1.54) is 0 Å². The average molecular weight is 360 g/mol. The van der Waals surface area contributed by atoms with Gasteiger partial charge in [-0.25, -0.2) is 4.98 Å². The molecule has 0 aliphatic carbocycles. The largest absolute Gasteiger partial charge is 0.355 e. The summed E-state index contributed by atoms with van der Waals surface area (Å²) in [6, 6.07) is 15.4. The Morgan fingerprint density at radius 1 is 0.955 bits per heavy atom. The number of amides is 1. The number of benzene rings is 1. The van der Waals surface area contributed by atoms with Crippen LogP contribution in [0.15, 0.2) is 53.1 Å². The van der Waals surface area contributed by atoms with Crippen LogP contribution in [0.25, 0.3) is 0 Å². The van der Waals surface area contributed by atoms with Crippen LogP contribution in [0.4, 0.5) is 5.82 Å². The summed E-state index contributed by atoms with van der Waals surface area (Å²) in [5.41, 5.74) is 0.761. The van der Waals surface area contributed by atoms with Crippen molar-refractivity contribution in [3.8, 4) is 0 Å². The minimum atomic E-state index is 0.115. The third-order valence-corrected chi connectivity index (χ3v) is 4.27. The molecule has 1 fully saturated rings. The standard InChI is InChI=1S/C17H18BrN3O/c18-15-8-4-9-16(19-15)20-10-5-11-21(13-12-20)17(22)14-6-2-1-3-7-14/h1-4,6-9H,5,10-13H2. The summed E-state index contributed by atoms with van der Waals surface area (Å²) in [6.07, 6.45) is 0.951. The maximum atomic E-state index is 12.5. The minimum Gasteiger partial charge on any atom is -0.355 e. The maximum Gasteiger partial charge on any atom is 0.253 e. The summed E-state index contributed by atoms with van der Waals surface area (Å²) < 4.78 is 0.839. The number of nitrogens with zero attached hydrogens (tertiary/aromatic N) is 3. The Bertz CT molecular complexity index is 647. The Morgan fingerprint density at radius 2 is 1.77 bits per heavy atom. The van der Waals surface area contributed by atoms with E-state index in [-0.39, 0.29) is 5.91 Å². The number of rotatable bonds is 2. The lowest BCUT2D eigenvalue weighted by atomic mass is 10.2. The first-order chi connectivity index (χ1) is 10.7. The highest BCUT2D eigenvalue weighted by Gasteiger charge is 2.20. The molecule has 22 heavy (non-hydrogen) atoms. The Labute approximate surface area is 138 Å². The van der Waals surface area contributed by atoms with Gasteiger partial charge in [-0.3, -0.25) is 4.79 Å². The van der Waals surface area contributed by atoms with E-state index in [9.17, 15) is 4.79 Å². The molecule has 1 aliphatic rings. The van der Waals surface area contributed by atoms with Crippen molar-refractivity contribution in [1.82, 2.24) is 9.88 Å². The maximum absolute atomic E-state index is 12.5. The number of aromatic nitrogens is 1. The van der Waals surface area contributed by atoms with Crippen LogP contribution in [0.5, 0.6) is 0 Å². The van der Waals surface area contributed by atoms with Crippen LogP contribution in [0, 0.1) is 0 Å². The molecule has 0 radical (unpaired) electrons. The summed E-state index contributed by atoms with van der Waals surface area (Å²) in [5.74, 6) is 1.08. The first kappa shape index (κ1) is 15.0. The number of pyridine rings is 1. The summed E-state index contributed by atoms with van der Waals surface area (Å²) in [4.78, 5) is 21.2. The van der Waals surface area contributed by atoms with E-state index in [1.807, 2.05) is 53.4 Å². The first-order valence-electron chi connectivity index (χ1n) is 7.46. The van der Waals surface area contributed by atoms with Crippen molar-refractivity contribution in [2.75, 3.05) is 31.1 Å². The molecule has 0 atom stereocenters. The van der Waals surface area contributed by atoms with Gasteiger partial charge in [0.15, 0.2) is 0 Å². The summed E-state index contributed by atoms with van der Waals surface area (Å²) in [7, 11) is 0. The van der Waals surface area contributed by atoms with Crippen LogP contribution < -0.4 is 4.90 Å². The third-order valence-electron chi connectivity index (χ3n) is 3.83. The number of hydrogen-bond acceptors (Lipinski definition) is 3. The van der Waals surface area contributed by atoms with Crippen LogP contribution in [-0.4, -0.2) is 42.0 Å². The van der Waals surface area contributed by atoms with Gasteiger partial charge in [0.2, 0.25) is 0 Å². The van der Waals surface area contributed by atoms with Crippen molar-refractivity contribution in [1.29, 1.82) is 0 Å². The molecule has 5 heteroatoms. The molecule has 1 aromatic carbocycles. The smallest absolute Gasteiger partial charge is 0.253 e. The van der Waals surface area contributed by atoms with E-state index >= 15 is 0 Å². The number of hydrogen-bond donors (Lipinski definition) is 0. The van der Waals surface area contributed by atoms with E-state index < -0.39 is 0 Å². The van der Waals surface area contributed by atoms with Gasteiger partial charge in [-0.05, 0) is 46.6 Å². The van der Waals surface area contributed by atoms with Gasteiger partial charge in [0.05, 0.1) is 0 Å². The van der Waals surface area contributed by atoms with E-state index in [0.29, 0.717) is 0 Å². The third kappa shape index (κ3) is 3.47. The number of carbonyl (C=O) groups is 1. The van der Waals surface area contributed by atoms with Crippen LogP contribution in [0.3, 0.4) is 0 Å². The normalized spacial score (nSPS) is 15.5. The van der Waals surface area contributed by atoms with Gasteiger partial charge in [0, 0.05) is 31.7 Å². The molecule has 0 saturated carbocycles. The predicted octanol–water partition coefficient (Wildman–Crippen LogP) is 3.20. The zero-order valence-electron chi connectivity index (χ0n) is 12.3. The van der Waals surface area contributed by atoms with Crippen LogP contribution in [-0.2, 0) is 0 Å². The molecule has 2 aromatic rings. The van der Waals surface area contributed by atoms with Gasteiger partial charge in [0.1, 0.15) is 10.4 Å². The van der Waals surface area contributed by atoms with Crippen LogP contribution >= 0.6 is 15.9 Å². The van der Waals surface area contributed by atoms with Gasteiger partial charge in [0.25, 0.3) is 5.91 Å². The quantitative estimate of drug-likeness (QED) is 0.772. The Kier molecular flexibility index (Phi) is 4.73. The van der Waals surface area contributed by atoms with Crippen LogP contribution in [0.1, 0.15) is 16.8 Å². The van der Waals surface area contributed by atoms with Gasteiger partial charge >= 0.3 is 0 Å². The molecule has 0 unspecified atom stereocenters. The topological polar surface area (TPSA) is 36.4 Å². The Morgan fingerprint density at radius 3 is 2.55 bits per heavy atom. The molecule has 0 bridgehead atoms. The molecule has 2 heterocycles. The SMILES string of the molecule is O=C(c1ccccc1)N1CCCN(c2cccc(Br)n2)CC1. The lowest BCUT2D eigenvalue weighted by Crippen LogP contribution is -2.35. The molecule has 0 N–H and O–H groups in total.